The maximum Gasteiger partial charge on any atom is 0.305 e. The van der Waals surface area contributed by atoms with Crippen LogP contribution in [0.3, 0.4) is 0 Å². The Hall–Kier alpha value is -1.66. The van der Waals surface area contributed by atoms with E-state index in [2.05, 4.69) is 31.3 Å². The van der Waals surface area contributed by atoms with Gasteiger partial charge >= 0.3 is 5.97 Å². The molecule has 0 fully saturated rings. The molecular weight excluding hydrogens is 887 g/mol. The number of amides is 1. The van der Waals surface area contributed by atoms with Gasteiger partial charge in [-0.05, 0) is 57.8 Å². The highest BCUT2D eigenvalue weighted by atomic mass is 16.5. The Bertz CT molecular complexity index is 1120. The van der Waals surface area contributed by atoms with Gasteiger partial charge in [0.2, 0.25) is 5.91 Å². The minimum Gasteiger partial charge on any atom is -0.466 e. The number of rotatable bonds is 61. The third kappa shape index (κ3) is 57.6. The highest BCUT2D eigenvalue weighted by molar-refractivity contribution is 5.76. The lowest BCUT2D eigenvalue weighted by Crippen LogP contribution is -2.45. The first kappa shape index (κ1) is 70.3. The summed E-state index contributed by atoms with van der Waals surface area (Å²) in [5.74, 6) is -0.0576. The van der Waals surface area contributed by atoms with Crippen molar-refractivity contribution in [2.45, 2.75) is 373 Å². The first-order valence-electron chi connectivity index (χ1n) is 32.6. The molecule has 0 aliphatic rings. The monoisotopic (exact) mass is 1010 g/mol. The van der Waals surface area contributed by atoms with Gasteiger partial charge < -0.3 is 20.3 Å². The summed E-state index contributed by atoms with van der Waals surface area (Å²) in [4.78, 5) is 24.6. The zero-order valence-corrected chi connectivity index (χ0v) is 48.7. The Kier molecular flexibility index (Phi) is 60.5. The average molecular weight is 1010 g/mol. The molecule has 2 unspecified atom stereocenters. The summed E-state index contributed by atoms with van der Waals surface area (Å²) < 4.78 is 5.50. The van der Waals surface area contributed by atoms with E-state index in [1.54, 1.807) is 6.08 Å². The summed E-state index contributed by atoms with van der Waals surface area (Å²) in [5.41, 5.74) is 0. The van der Waals surface area contributed by atoms with E-state index in [1.807, 2.05) is 6.08 Å². The normalized spacial score (nSPS) is 12.7. The van der Waals surface area contributed by atoms with E-state index in [9.17, 15) is 19.8 Å². The van der Waals surface area contributed by atoms with E-state index < -0.39 is 12.1 Å². The largest absolute Gasteiger partial charge is 0.466 e. The molecule has 0 rings (SSSR count). The lowest BCUT2D eigenvalue weighted by Gasteiger charge is -2.20. The van der Waals surface area contributed by atoms with Gasteiger partial charge in [0.1, 0.15) is 0 Å². The number of ether oxygens (including phenoxy) is 1. The molecule has 6 heteroatoms. The predicted octanol–water partition coefficient (Wildman–Crippen LogP) is 20.6. The third-order valence-electron chi connectivity index (χ3n) is 15.2. The van der Waals surface area contributed by atoms with Crippen LogP contribution in [0.4, 0.5) is 0 Å². The molecule has 0 aliphatic carbocycles. The van der Waals surface area contributed by atoms with Crippen molar-refractivity contribution in [3.63, 3.8) is 0 Å². The molecule has 3 N–H and O–H groups in total. The van der Waals surface area contributed by atoms with Crippen LogP contribution in [-0.2, 0) is 14.3 Å². The fourth-order valence-electron chi connectivity index (χ4n) is 10.2. The Labute approximate surface area is 450 Å². The molecule has 0 heterocycles. The number of carbonyl (C=O) groups is 2. The summed E-state index contributed by atoms with van der Waals surface area (Å²) in [7, 11) is 0. The number of esters is 1. The Morgan fingerprint density at radius 1 is 0.375 bits per heavy atom. The van der Waals surface area contributed by atoms with Crippen LogP contribution < -0.4 is 5.32 Å². The molecule has 72 heavy (non-hydrogen) atoms. The van der Waals surface area contributed by atoms with Gasteiger partial charge in [-0.1, -0.05) is 314 Å². The molecule has 0 bridgehead atoms. The van der Waals surface area contributed by atoms with E-state index in [-0.39, 0.29) is 18.5 Å². The molecule has 0 aliphatic heterocycles. The van der Waals surface area contributed by atoms with Crippen molar-refractivity contribution >= 4 is 11.9 Å². The van der Waals surface area contributed by atoms with Crippen molar-refractivity contribution in [1.29, 1.82) is 0 Å². The van der Waals surface area contributed by atoms with Gasteiger partial charge in [0.25, 0.3) is 0 Å². The van der Waals surface area contributed by atoms with E-state index >= 15 is 0 Å². The Morgan fingerprint density at radius 2 is 0.653 bits per heavy atom. The van der Waals surface area contributed by atoms with Crippen molar-refractivity contribution in [1.82, 2.24) is 5.32 Å². The molecule has 1 amide bonds. The van der Waals surface area contributed by atoms with E-state index in [4.69, 9.17) is 4.74 Å². The number of carbonyl (C=O) groups excluding carboxylic acids is 2. The van der Waals surface area contributed by atoms with Crippen LogP contribution in [0.15, 0.2) is 24.3 Å². The van der Waals surface area contributed by atoms with Crippen LogP contribution in [0.25, 0.3) is 0 Å². The van der Waals surface area contributed by atoms with Gasteiger partial charge in [-0.15, -0.1) is 0 Å². The van der Waals surface area contributed by atoms with Crippen LogP contribution in [0, 0.1) is 0 Å². The highest BCUT2D eigenvalue weighted by Crippen LogP contribution is 2.18. The second-order valence-electron chi connectivity index (χ2n) is 22.5. The molecule has 0 radical (unpaired) electrons. The maximum absolute atomic E-state index is 12.5. The maximum atomic E-state index is 12.5. The summed E-state index contributed by atoms with van der Waals surface area (Å²) in [6.07, 6.45) is 76.5. The van der Waals surface area contributed by atoms with Crippen LogP contribution in [0.1, 0.15) is 361 Å². The topological polar surface area (TPSA) is 95.9 Å². The lowest BCUT2D eigenvalue weighted by molar-refractivity contribution is -0.143. The van der Waals surface area contributed by atoms with E-state index in [0.717, 1.165) is 44.9 Å². The molecule has 0 saturated carbocycles. The molecular formula is C66H127NO5. The lowest BCUT2D eigenvalue weighted by atomic mass is 10.0. The van der Waals surface area contributed by atoms with Crippen LogP contribution in [0.5, 0.6) is 0 Å². The third-order valence-corrected chi connectivity index (χ3v) is 15.2. The van der Waals surface area contributed by atoms with Crippen molar-refractivity contribution in [3.8, 4) is 0 Å². The Morgan fingerprint density at radius 3 is 0.986 bits per heavy atom. The second-order valence-corrected chi connectivity index (χ2v) is 22.5. The van der Waals surface area contributed by atoms with Gasteiger partial charge in [-0.2, -0.15) is 0 Å². The van der Waals surface area contributed by atoms with Gasteiger partial charge in [-0.3, -0.25) is 9.59 Å². The van der Waals surface area contributed by atoms with Crippen LogP contribution in [0.2, 0.25) is 0 Å². The van der Waals surface area contributed by atoms with Crippen LogP contribution in [-0.4, -0.2) is 47.4 Å². The smallest absolute Gasteiger partial charge is 0.305 e. The SMILES string of the molecule is CCCCCCCCC/C=C\CCCCCCCCCC(=O)OCCCCCCCCCCCCCCCCCCCCCCCC(=O)NC(CO)C(O)/C=C/CCCCCCCCCCCCCCCC. The predicted molar refractivity (Wildman–Crippen MR) is 315 cm³/mol. The molecule has 0 aromatic rings. The average Bonchev–Trinajstić information content (AvgIpc) is 3.38. The van der Waals surface area contributed by atoms with Crippen molar-refractivity contribution < 1.29 is 24.5 Å². The van der Waals surface area contributed by atoms with Crippen molar-refractivity contribution in [2.75, 3.05) is 13.2 Å². The zero-order chi connectivity index (χ0) is 52.2. The van der Waals surface area contributed by atoms with Gasteiger partial charge in [0.15, 0.2) is 0 Å². The number of hydrogen-bond donors (Lipinski definition) is 3. The fourth-order valence-corrected chi connectivity index (χ4v) is 10.2. The van der Waals surface area contributed by atoms with Gasteiger partial charge in [0.05, 0.1) is 25.4 Å². The molecule has 2 atom stereocenters. The summed E-state index contributed by atoms with van der Waals surface area (Å²) in [6, 6.07) is -0.628. The highest BCUT2D eigenvalue weighted by Gasteiger charge is 2.18. The fraction of sp³-hybridized carbons (Fsp3) is 0.909. The minimum atomic E-state index is -0.845. The number of aliphatic hydroxyl groups excluding tert-OH is 2. The first-order chi connectivity index (χ1) is 35.5. The van der Waals surface area contributed by atoms with Gasteiger partial charge in [0, 0.05) is 12.8 Å². The number of allylic oxidation sites excluding steroid dienone is 3. The molecule has 0 spiro atoms. The molecule has 0 saturated heterocycles. The standard InChI is InChI=1S/C66H127NO5/c1-3-5-7-9-11-13-15-17-19-21-28-32-36-40-44-48-52-56-60-66(71)72-61-57-53-49-45-41-37-33-29-26-24-22-23-25-27-31-35-39-43-47-51-55-59-65(70)67-63(62-68)64(69)58-54-50-46-42-38-34-30-20-18-16-14-12-10-8-6-4-2/h19,21,54,58,63-64,68-69H,3-18,20,22-53,55-57,59-62H2,1-2H3,(H,67,70)/b21-19-,58-54+. The van der Waals surface area contributed by atoms with E-state index in [0.29, 0.717) is 19.4 Å². The second kappa shape index (κ2) is 61.9. The number of hydrogen-bond acceptors (Lipinski definition) is 5. The van der Waals surface area contributed by atoms with E-state index in [1.165, 1.54) is 289 Å². The minimum absolute atomic E-state index is 0.00906. The first-order valence-corrected chi connectivity index (χ1v) is 32.6. The quantitative estimate of drug-likeness (QED) is 0.0320. The number of aliphatic hydroxyl groups is 2. The summed E-state index contributed by atoms with van der Waals surface area (Å²) in [6.45, 7) is 4.92. The summed E-state index contributed by atoms with van der Waals surface area (Å²) >= 11 is 0. The van der Waals surface area contributed by atoms with Crippen molar-refractivity contribution in [2.24, 2.45) is 0 Å². The molecule has 426 valence electrons. The molecule has 6 nitrogen and oxygen atoms in total. The van der Waals surface area contributed by atoms with Crippen molar-refractivity contribution in [3.05, 3.63) is 24.3 Å². The molecule has 0 aromatic heterocycles. The van der Waals surface area contributed by atoms with Gasteiger partial charge in [-0.25, -0.2) is 0 Å². The number of nitrogens with one attached hydrogen (secondary N) is 1. The Balaban J connectivity index is 3.39. The number of unbranched alkanes of at least 4 members (excludes halogenated alkanes) is 48. The van der Waals surface area contributed by atoms with Crippen LogP contribution >= 0.6 is 0 Å². The summed E-state index contributed by atoms with van der Waals surface area (Å²) in [5, 5.41) is 23.2. The zero-order valence-electron chi connectivity index (χ0n) is 48.7. The molecule has 0 aromatic carbocycles.